The Morgan fingerprint density at radius 3 is 2.48 bits per heavy atom. The SMILES string of the molecule is CN[C@@H](Cc1c[nH]c2ccccc12)C(=O)O.NC(Cc1cccs1)C(=O)O. The number of hydrogen-bond acceptors (Lipinski definition) is 5. The molecule has 0 amide bonds. The Morgan fingerprint density at radius 2 is 1.89 bits per heavy atom. The van der Waals surface area contributed by atoms with Crippen molar-refractivity contribution >= 4 is 34.2 Å². The van der Waals surface area contributed by atoms with Gasteiger partial charge in [-0.3, -0.25) is 9.59 Å². The number of H-pyrrole nitrogens is 1. The third-order valence-electron chi connectivity index (χ3n) is 4.06. The predicted octanol–water partition coefficient (Wildman–Crippen LogP) is 2.09. The lowest BCUT2D eigenvalue weighted by Gasteiger charge is -2.09. The minimum atomic E-state index is -0.946. The lowest BCUT2D eigenvalue weighted by atomic mass is 10.1. The van der Waals surface area contributed by atoms with Gasteiger partial charge in [-0.1, -0.05) is 24.3 Å². The minimum Gasteiger partial charge on any atom is -0.480 e. The van der Waals surface area contributed by atoms with Gasteiger partial charge >= 0.3 is 11.9 Å². The number of likely N-dealkylation sites (N-methyl/N-ethyl adjacent to an activating group) is 1. The van der Waals surface area contributed by atoms with E-state index in [9.17, 15) is 9.59 Å². The molecule has 1 unspecified atom stereocenters. The molecule has 0 aliphatic rings. The van der Waals surface area contributed by atoms with Crippen LogP contribution in [0.5, 0.6) is 0 Å². The summed E-state index contributed by atoms with van der Waals surface area (Å²) in [4.78, 5) is 25.4. The maximum absolute atomic E-state index is 10.9. The van der Waals surface area contributed by atoms with Crippen molar-refractivity contribution in [3.8, 4) is 0 Å². The number of fused-ring (bicyclic) bond motifs is 1. The van der Waals surface area contributed by atoms with Crippen molar-refractivity contribution < 1.29 is 19.8 Å². The lowest BCUT2D eigenvalue weighted by Crippen LogP contribution is -2.35. The highest BCUT2D eigenvalue weighted by molar-refractivity contribution is 7.09. The van der Waals surface area contributed by atoms with Gasteiger partial charge in [-0.25, -0.2) is 0 Å². The van der Waals surface area contributed by atoms with Gasteiger partial charge in [-0.05, 0) is 30.1 Å². The molecular formula is C19H23N3O4S. The second-order valence-corrected chi connectivity index (χ2v) is 7.00. The first-order valence-corrected chi connectivity index (χ1v) is 9.26. The highest BCUT2D eigenvalue weighted by Gasteiger charge is 2.17. The molecule has 3 rings (SSSR count). The fourth-order valence-electron chi connectivity index (χ4n) is 2.57. The minimum absolute atomic E-state index is 0.424. The van der Waals surface area contributed by atoms with Crippen LogP contribution in [-0.2, 0) is 22.4 Å². The third kappa shape index (κ3) is 5.92. The Labute approximate surface area is 160 Å². The highest BCUT2D eigenvalue weighted by atomic mass is 32.1. The molecule has 0 saturated carbocycles. The quantitative estimate of drug-likeness (QED) is 0.421. The van der Waals surface area contributed by atoms with Gasteiger partial charge in [0.25, 0.3) is 0 Å². The summed E-state index contributed by atoms with van der Waals surface area (Å²) in [6.45, 7) is 0. The number of aliphatic carboxylic acids is 2. The average molecular weight is 389 g/mol. The van der Waals surface area contributed by atoms with Crippen LogP contribution in [0.2, 0.25) is 0 Å². The van der Waals surface area contributed by atoms with E-state index in [1.165, 1.54) is 11.3 Å². The van der Waals surface area contributed by atoms with Gasteiger partial charge in [0.2, 0.25) is 0 Å². The molecule has 0 radical (unpaired) electrons. The Bertz CT molecular complexity index is 876. The summed E-state index contributed by atoms with van der Waals surface area (Å²) in [6, 6.07) is 10.3. The number of hydrogen-bond donors (Lipinski definition) is 5. The van der Waals surface area contributed by atoms with E-state index in [1.54, 1.807) is 7.05 Å². The first kappa shape index (κ1) is 20.6. The molecule has 144 valence electrons. The van der Waals surface area contributed by atoms with Crippen LogP contribution >= 0.6 is 11.3 Å². The molecule has 6 N–H and O–H groups in total. The first-order valence-electron chi connectivity index (χ1n) is 8.38. The van der Waals surface area contributed by atoms with Gasteiger partial charge in [0.15, 0.2) is 0 Å². The number of nitrogens with one attached hydrogen (secondary N) is 2. The summed E-state index contributed by atoms with van der Waals surface area (Å²) in [6.07, 6.45) is 2.78. The van der Waals surface area contributed by atoms with Crippen LogP contribution < -0.4 is 11.1 Å². The van der Waals surface area contributed by atoms with E-state index in [4.69, 9.17) is 15.9 Å². The molecule has 0 bridgehead atoms. The summed E-state index contributed by atoms with van der Waals surface area (Å²) >= 11 is 1.53. The second-order valence-electron chi connectivity index (χ2n) is 5.97. The molecule has 1 aromatic carbocycles. The monoisotopic (exact) mass is 389 g/mol. The molecule has 2 aromatic heterocycles. The largest absolute Gasteiger partial charge is 0.480 e. The molecule has 0 saturated heterocycles. The van der Waals surface area contributed by atoms with E-state index < -0.39 is 24.0 Å². The van der Waals surface area contributed by atoms with E-state index in [0.717, 1.165) is 21.3 Å². The van der Waals surface area contributed by atoms with Crippen LogP contribution in [0.4, 0.5) is 0 Å². The van der Waals surface area contributed by atoms with E-state index >= 15 is 0 Å². The number of aromatic nitrogens is 1. The first-order chi connectivity index (χ1) is 12.9. The number of carboxylic acids is 2. The summed E-state index contributed by atoms with van der Waals surface area (Å²) < 4.78 is 0. The summed E-state index contributed by atoms with van der Waals surface area (Å²) in [5, 5.41) is 23.2. The van der Waals surface area contributed by atoms with E-state index in [2.05, 4.69) is 10.3 Å². The van der Waals surface area contributed by atoms with Crippen LogP contribution in [0.15, 0.2) is 48.0 Å². The molecule has 7 nitrogen and oxygen atoms in total. The van der Waals surface area contributed by atoms with E-state index in [0.29, 0.717) is 12.8 Å². The van der Waals surface area contributed by atoms with Crippen LogP contribution in [0.25, 0.3) is 10.9 Å². The van der Waals surface area contributed by atoms with Gasteiger partial charge < -0.3 is 26.2 Å². The zero-order valence-corrected chi connectivity index (χ0v) is 15.7. The lowest BCUT2D eigenvalue weighted by molar-refractivity contribution is -0.139. The average Bonchev–Trinajstić information content (AvgIpc) is 3.29. The zero-order chi connectivity index (χ0) is 19.8. The number of carbonyl (C=O) groups is 2. The standard InChI is InChI=1S/C12H14N2O2.C7H9NO2S/c1-13-11(12(15)16)6-8-7-14-10-5-3-2-4-9(8)10;8-6(7(9)10)4-5-2-1-3-11-5/h2-5,7,11,13-14H,6H2,1H3,(H,15,16);1-3,6H,4,8H2,(H,9,10)/t11-;/m0./s1. The number of para-hydroxylation sites is 1. The number of benzene rings is 1. The maximum Gasteiger partial charge on any atom is 0.321 e. The fourth-order valence-corrected chi connectivity index (χ4v) is 3.33. The molecule has 0 spiro atoms. The van der Waals surface area contributed by atoms with Crippen molar-refractivity contribution in [1.82, 2.24) is 10.3 Å². The highest BCUT2D eigenvalue weighted by Crippen LogP contribution is 2.19. The molecule has 27 heavy (non-hydrogen) atoms. The van der Waals surface area contributed by atoms with Crippen LogP contribution in [0.3, 0.4) is 0 Å². The predicted molar refractivity (Wildman–Crippen MR) is 106 cm³/mol. The Morgan fingerprint density at radius 1 is 1.15 bits per heavy atom. The van der Waals surface area contributed by atoms with Gasteiger partial charge in [0, 0.05) is 34.8 Å². The number of nitrogens with two attached hydrogens (primary N) is 1. The summed E-state index contributed by atoms with van der Waals surface area (Å²) in [7, 11) is 1.66. The number of thiophene rings is 1. The zero-order valence-electron chi connectivity index (χ0n) is 14.9. The van der Waals surface area contributed by atoms with Gasteiger partial charge in [-0.2, -0.15) is 0 Å². The summed E-state index contributed by atoms with van der Waals surface area (Å²) in [5.74, 6) is -1.77. The molecule has 2 atom stereocenters. The molecule has 0 aliphatic heterocycles. The van der Waals surface area contributed by atoms with Gasteiger partial charge in [-0.15, -0.1) is 11.3 Å². The Balaban J connectivity index is 0.000000208. The smallest absolute Gasteiger partial charge is 0.321 e. The molecular weight excluding hydrogens is 366 g/mol. The molecule has 8 heteroatoms. The Kier molecular flexibility index (Phi) is 7.54. The van der Waals surface area contributed by atoms with Crippen molar-refractivity contribution in [2.24, 2.45) is 5.73 Å². The Hall–Kier alpha value is -2.68. The number of aromatic amines is 1. The van der Waals surface area contributed by atoms with Gasteiger partial charge in [0.05, 0.1) is 0 Å². The van der Waals surface area contributed by atoms with Crippen LogP contribution in [0.1, 0.15) is 10.4 Å². The van der Waals surface area contributed by atoms with Crippen molar-refractivity contribution in [2.75, 3.05) is 7.05 Å². The van der Waals surface area contributed by atoms with Crippen molar-refractivity contribution in [2.45, 2.75) is 24.9 Å². The molecule has 0 aliphatic carbocycles. The second kappa shape index (κ2) is 9.86. The van der Waals surface area contributed by atoms with Crippen LogP contribution in [0, 0.1) is 0 Å². The molecule has 2 heterocycles. The maximum atomic E-state index is 10.9. The van der Waals surface area contributed by atoms with Gasteiger partial charge in [0.1, 0.15) is 12.1 Å². The number of rotatable bonds is 7. The number of carboxylic acid groups (broad SMARTS) is 2. The normalized spacial score (nSPS) is 12.8. The topological polar surface area (TPSA) is 128 Å². The van der Waals surface area contributed by atoms with Crippen molar-refractivity contribution in [1.29, 1.82) is 0 Å². The van der Waals surface area contributed by atoms with Crippen molar-refractivity contribution in [3.63, 3.8) is 0 Å². The molecule has 0 fully saturated rings. The van der Waals surface area contributed by atoms with E-state index in [1.807, 2.05) is 48.0 Å². The van der Waals surface area contributed by atoms with E-state index in [-0.39, 0.29) is 0 Å². The third-order valence-corrected chi connectivity index (χ3v) is 4.96. The van der Waals surface area contributed by atoms with Crippen molar-refractivity contribution in [3.05, 3.63) is 58.4 Å². The van der Waals surface area contributed by atoms with Crippen LogP contribution in [-0.4, -0.2) is 46.3 Å². The fraction of sp³-hybridized carbons (Fsp3) is 0.263. The summed E-state index contributed by atoms with van der Waals surface area (Å²) in [5.41, 5.74) is 7.38. The molecule has 3 aromatic rings.